The number of rotatable bonds is 3. The Hall–Kier alpha value is -3.36. The highest BCUT2D eigenvalue weighted by Gasteiger charge is 2.32. The Bertz CT molecular complexity index is 859. The standard InChI is InChI=1S/C16H12F3N5O/c17-16(18,19)13-7-6-11(8-20-13)22-15(25)23-12-9-21-24-14(12)10-4-2-1-3-5-10/h1-9H,(H,21,24)(H2,22,23,25). The first-order chi connectivity index (χ1) is 11.9. The normalized spacial score (nSPS) is 11.2. The summed E-state index contributed by atoms with van der Waals surface area (Å²) in [4.78, 5) is 15.3. The van der Waals surface area contributed by atoms with Gasteiger partial charge in [-0.05, 0) is 12.1 Å². The van der Waals surface area contributed by atoms with Crippen molar-refractivity contribution in [1.29, 1.82) is 0 Å². The average molecular weight is 347 g/mol. The molecule has 0 radical (unpaired) electrons. The van der Waals surface area contributed by atoms with Crippen LogP contribution in [0.1, 0.15) is 5.69 Å². The number of aromatic nitrogens is 3. The van der Waals surface area contributed by atoms with Gasteiger partial charge in [0.25, 0.3) is 0 Å². The molecule has 0 fully saturated rings. The number of benzene rings is 1. The molecular weight excluding hydrogens is 335 g/mol. The molecule has 0 saturated heterocycles. The lowest BCUT2D eigenvalue weighted by atomic mass is 10.1. The van der Waals surface area contributed by atoms with Crippen LogP contribution in [0.4, 0.5) is 29.3 Å². The van der Waals surface area contributed by atoms with Crippen LogP contribution < -0.4 is 10.6 Å². The number of nitrogens with one attached hydrogen (secondary N) is 3. The van der Waals surface area contributed by atoms with Crippen LogP contribution in [-0.2, 0) is 6.18 Å². The first kappa shape index (κ1) is 16.5. The molecule has 3 rings (SSSR count). The van der Waals surface area contributed by atoms with E-state index in [0.29, 0.717) is 11.4 Å². The van der Waals surface area contributed by atoms with Crippen LogP contribution in [0.2, 0.25) is 0 Å². The van der Waals surface area contributed by atoms with E-state index in [-0.39, 0.29) is 5.69 Å². The van der Waals surface area contributed by atoms with E-state index in [2.05, 4.69) is 25.8 Å². The van der Waals surface area contributed by atoms with Crippen molar-refractivity contribution in [1.82, 2.24) is 15.2 Å². The first-order valence-electron chi connectivity index (χ1n) is 7.14. The molecule has 0 spiro atoms. The highest BCUT2D eigenvalue weighted by molar-refractivity contribution is 6.01. The van der Waals surface area contributed by atoms with E-state index < -0.39 is 17.9 Å². The maximum absolute atomic E-state index is 12.5. The quantitative estimate of drug-likeness (QED) is 0.666. The molecule has 2 heterocycles. The molecule has 2 amide bonds. The Labute approximate surface area is 140 Å². The number of hydrogen-bond donors (Lipinski definition) is 3. The van der Waals surface area contributed by atoms with Crippen molar-refractivity contribution >= 4 is 17.4 Å². The summed E-state index contributed by atoms with van der Waals surface area (Å²) in [5.74, 6) is 0. The fourth-order valence-electron chi connectivity index (χ4n) is 2.12. The van der Waals surface area contributed by atoms with Crippen molar-refractivity contribution < 1.29 is 18.0 Å². The Morgan fingerprint density at radius 1 is 1.04 bits per heavy atom. The Morgan fingerprint density at radius 2 is 1.80 bits per heavy atom. The number of pyridine rings is 1. The van der Waals surface area contributed by atoms with Crippen LogP contribution in [-0.4, -0.2) is 21.2 Å². The Morgan fingerprint density at radius 3 is 2.44 bits per heavy atom. The molecule has 0 atom stereocenters. The van der Waals surface area contributed by atoms with Gasteiger partial charge < -0.3 is 10.6 Å². The lowest BCUT2D eigenvalue weighted by molar-refractivity contribution is -0.141. The maximum Gasteiger partial charge on any atom is 0.433 e. The number of alkyl halides is 3. The molecule has 0 aliphatic rings. The lowest BCUT2D eigenvalue weighted by Crippen LogP contribution is -2.20. The van der Waals surface area contributed by atoms with Crippen molar-refractivity contribution in [2.45, 2.75) is 6.18 Å². The Kier molecular flexibility index (Phi) is 4.38. The van der Waals surface area contributed by atoms with Crippen molar-refractivity contribution in [3.63, 3.8) is 0 Å². The molecule has 0 bridgehead atoms. The zero-order valence-electron chi connectivity index (χ0n) is 12.6. The largest absolute Gasteiger partial charge is 0.433 e. The molecule has 6 nitrogen and oxygen atoms in total. The van der Waals surface area contributed by atoms with Crippen molar-refractivity contribution in [2.75, 3.05) is 10.6 Å². The highest BCUT2D eigenvalue weighted by atomic mass is 19.4. The van der Waals surface area contributed by atoms with Gasteiger partial charge in [0.1, 0.15) is 11.4 Å². The third-order valence-electron chi connectivity index (χ3n) is 3.25. The predicted molar refractivity (Wildman–Crippen MR) is 85.9 cm³/mol. The van der Waals surface area contributed by atoms with Gasteiger partial charge in [0.2, 0.25) is 0 Å². The lowest BCUT2D eigenvalue weighted by Gasteiger charge is -2.09. The number of urea groups is 1. The molecule has 0 aliphatic heterocycles. The number of carbonyl (C=O) groups is 1. The summed E-state index contributed by atoms with van der Waals surface area (Å²) in [6.07, 6.45) is -2.08. The van der Waals surface area contributed by atoms with Gasteiger partial charge in [0.05, 0.1) is 17.6 Å². The highest BCUT2D eigenvalue weighted by Crippen LogP contribution is 2.28. The van der Waals surface area contributed by atoms with Gasteiger partial charge in [0, 0.05) is 11.8 Å². The van der Waals surface area contributed by atoms with Gasteiger partial charge in [-0.25, -0.2) is 9.78 Å². The molecule has 9 heteroatoms. The molecule has 0 aliphatic carbocycles. The van der Waals surface area contributed by atoms with E-state index in [1.165, 1.54) is 6.20 Å². The van der Waals surface area contributed by atoms with E-state index in [0.717, 1.165) is 23.9 Å². The predicted octanol–water partition coefficient (Wildman–Crippen LogP) is 4.13. The molecule has 0 unspecified atom stereocenters. The van der Waals surface area contributed by atoms with Crippen LogP contribution in [0.15, 0.2) is 54.9 Å². The number of anilines is 2. The van der Waals surface area contributed by atoms with E-state index >= 15 is 0 Å². The van der Waals surface area contributed by atoms with Gasteiger partial charge in [-0.2, -0.15) is 18.3 Å². The molecule has 1 aromatic carbocycles. The average Bonchev–Trinajstić information content (AvgIpc) is 3.03. The molecule has 3 aromatic rings. The van der Waals surface area contributed by atoms with Crippen LogP contribution in [0, 0.1) is 0 Å². The van der Waals surface area contributed by atoms with E-state index in [1.54, 1.807) is 0 Å². The Balaban J connectivity index is 1.69. The fourth-order valence-corrected chi connectivity index (χ4v) is 2.12. The second-order valence-corrected chi connectivity index (χ2v) is 5.02. The topological polar surface area (TPSA) is 82.7 Å². The van der Waals surface area contributed by atoms with Crippen molar-refractivity contribution in [2.24, 2.45) is 0 Å². The second-order valence-electron chi connectivity index (χ2n) is 5.02. The summed E-state index contributed by atoms with van der Waals surface area (Å²) in [5.41, 5.74) is 0.884. The second kappa shape index (κ2) is 6.63. The SMILES string of the molecule is O=C(Nc1ccc(C(F)(F)F)nc1)Nc1c[nH]nc1-c1ccccc1. The summed E-state index contributed by atoms with van der Waals surface area (Å²) in [7, 11) is 0. The molecule has 128 valence electrons. The number of H-pyrrole nitrogens is 1. The molecule has 3 N–H and O–H groups in total. The van der Waals surface area contributed by atoms with E-state index in [4.69, 9.17) is 0 Å². The molecule has 25 heavy (non-hydrogen) atoms. The summed E-state index contributed by atoms with van der Waals surface area (Å²) in [6.45, 7) is 0. The van der Waals surface area contributed by atoms with E-state index in [1.807, 2.05) is 30.3 Å². The maximum atomic E-state index is 12.5. The van der Waals surface area contributed by atoms with Crippen molar-refractivity contribution in [3.05, 3.63) is 60.6 Å². The third kappa shape index (κ3) is 3.94. The van der Waals surface area contributed by atoms with Gasteiger partial charge in [-0.3, -0.25) is 5.10 Å². The van der Waals surface area contributed by atoms with Crippen LogP contribution in [0.25, 0.3) is 11.3 Å². The van der Waals surface area contributed by atoms with Gasteiger partial charge in [0.15, 0.2) is 0 Å². The number of amides is 2. The van der Waals surface area contributed by atoms with Crippen LogP contribution in [0.5, 0.6) is 0 Å². The van der Waals surface area contributed by atoms with Crippen LogP contribution in [0.3, 0.4) is 0 Å². The zero-order valence-corrected chi connectivity index (χ0v) is 12.6. The summed E-state index contributed by atoms with van der Waals surface area (Å²) >= 11 is 0. The summed E-state index contributed by atoms with van der Waals surface area (Å²) in [5, 5.41) is 11.7. The summed E-state index contributed by atoms with van der Waals surface area (Å²) in [6, 6.07) is 10.5. The van der Waals surface area contributed by atoms with E-state index in [9.17, 15) is 18.0 Å². The minimum atomic E-state index is -4.53. The van der Waals surface area contributed by atoms with Gasteiger partial charge in [-0.1, -0.05) is 30.3 Å². The van der Waals surface area contributed by atoms with Gasteiger partial charge in [-0.15, -0.1) is 0 Å². The number of carbonyl (C=O) groups excluding carboxylic acids is 1. The molecular formula is C16H12F3N5O. The first-order valence-corrected chi connectivity index (χ1v) is 7.14. The third-order valence-corrected chi connectivity index (χ3v) is 3.25. The van der Waals surface area contributed by atoms with Gasteiger partial charge >= 0.3 is 12.2 Å². The van der Waals surface area contributed by atoms with Crippen LogP contribution >= 0.6 is 0 Å². The summed E-state index contributed by atoms with van der Waals surface area (Å²) < 4.78 is 37.4. The minimum Gasteiger partial charge on any atom is -0.306 e. The number of halogens is 3. The molecule has 0 saturated carbocycles. The smallest absolute Gasteiger partial charge is 0.306 e. The fraction of sp³-hybridized carbons (Fsp3) is 0.0625. The minimum absolute atomic E-state index is 0.134. The number of hydrogen-bond acceptors (Lipinski definition) is 3. The number of aromatic amines is 1. The van der Waals surface area contributed by atoms with Crippen molar-refractivity contribution in [3.8, 4) is 11.3 Å². The number of nitrogens with zero attached hydrogens (tertiary/aromatic N) is 2. The zero-order chi connectivity index (χ0) is 17.9. The molecule has 2 aromatic heterocycles. The monoisotopic (exact) mass is 347 g/mol.